The number of carbonyl (C=O) groups is 1. The molecule has 0 saturated carbocycles. The van der Waals surface area contributed by atoms with E-state index in [0.717, 1.165) is 19.5 Å². The monoisotopic (exact) mass is 362 g/mol. The molecule has 1 unspecified atom stereocenters. The topological polar surface area (TPSA) is 63.4 Å². The summed E-state index contributed by atoms with van der Waals surface area (Å²) >= 11 is 12.2. The quantitative estimate of drug-likeness (QED) is 0.730. The number of halogens is 2. The first-order valence-corrected chi connectivity index (χ1v) is 8.61. The van der Waals surface area contributed by atoms with E-state index in [9.17, 15) is 4.79 Å². The van der Waals surface area contributed by atoms with Crippen molar-refractivity contribution < 1.29 is 14.3 Å². The normalized spacial score (nSPS) is 23.0. The van der Waals surface area contributed by atoms with Crippen LogP contribution in [-0.4, -0.2) is 49.8 Å². The SMILES string of the molecule is COC(C)CO[C@H]1CNCC[C@H]1CC(=O)c1[nH]c(C)c(Cl)c1Cl. The molecule has 2 rings (SSSR count). The Morgan fingerprint density at radius 2 is 2.13 bits per heavy atom. The highest BCUT2D eigenvalue weighted by Crippen LogP contribution is 2.31. The molecule has 0 amide bonds. The Hall–Kier alpha value is -0.590. The van der Waals surface area contributed by atoms with Crippen LogP contribution in [0.3, 0.4) is 0 Å². The predicted octanol–water partition coefficient (Wildman–Crippen LogP) is 3.23. The van der Waals surface area contributed by atoms with Gasteiger partial charge in [0.2, 0.25) is 0 Å². The van der Waals surface area contributed by atoms with Gasteiger partial charge in [-0.25, -0.2) is 0 Å². The van der Waals surface area contributed by atoms with Gasteiger partial charge in [-0.15, -0.1) is 0 Å². The number of aromatic nitrogens is 1. The van der Waals surface area contributed by atoms with E-state index in [-0.39, 0.29) is 23.9 Å². The summed E-state index contributed by atoms with van der Waals surface area (Å²) in [5.41, 5.74) is 1.11. The van der Waals surface area contributed by atoms with Gasteiger partial charge in [0.1, 0.15) is 5.69 Å². The van der Waals surface area contributed by atoms with Crippen LogP contribution >= 0.6 is 23.2 Å². The van der Waals surface area contributed by atoms with E-state index in [4.69, 9.17) is 32.7 Å². The van der Waals surface area contributed by atoms with Crippen LogP contribution < -0.4 is 5.32 Å². The maximum absolute atomic E-state index is 12.6. The summed E-state index contributed by atoms with van der Waals surface area (Å²) in [6, 6.07) is 0. The van der Waals surface area contributed by atoms with Crippen molar-refractivity contribution in [3.63, 3.8) is 0 Å². The lowest BCUT2D eigenvalue weighted by Crippen LogP contribution is -2.44. The molecule has 0 bridgehead atoms. The number of aryl methyl sites for hydroxylation is 1. The van der Waals surface area contributed by atoms with Crippen molar-refractivity contribution in [2.45, 2.75) is 38.9 Å². The van der Waals surface area contributed by atoms with Crippen molar-refractivity contribution >= 4 is 29.0 Å². The highest BCUT2D eigenvalue weighted by atomic mass is 35.5. The van der Waals surface area contributed by atoms with Gasteiger partial charge < -0.3 is 19.8 Å². The summed E-state index contributed by atoms with van der Waals surface area (Å²) in [5, 5.41) is 4.04. The van der Waals surface area contributed by atoms with Gasteiger partial charge in [0.15, 0.2) is 5.78 Å². The average molecular weight is 363 g/mol. The van der Waals surface area contributed by atoms with Gasteiger partial charge >= 0.3 is 0 Å². The fourth-order valence-electron chi connectivity index (χ4n) is 2.74. The number of rotatable bonds is 7. The maximum Gasteiger partial charge on any atom is 0.180 e. The van der Waals surface area contributed by atoms with Crippen LogP contribution in [0.25, 0.3) is 0 Å². The minimum absolute atomic E-state index is 0.00407. The molecule has 1 aliphatic heterocycles. The van der Waals surface area contributed by atoms with Crippen molar-refractivity contribution in [1.82, 2.24) is 10.3 Å². The van der Waals surface area contributed by atoms with Crippen LogP contribution in [0.4, 0.5) is 0 Å². The zero-order valence-corrected chi connectivity index (χ0v) is 15.3. The molecule has 7 heteroatoms. The standard InChI is InChI=1S/C16H24Cl2N2O3/c1-9(22-3)8-23-13-7-19-5-4-11(13)6-12(21)16-15(18)14(17)10(2)20-16/h9,11,13,19-20H,4-8H2,1-3H3/t9?,11-,13-/m0/s1. The first kappa shape index (κ1) is 18.7. The molecule has 1 fully saturated rings. The van der Waals surface area contributed by atoms with Crippen LogP contribution in [0, 0.1) is 12.8 Å². The molecule has 130 valence electrons. The molecular formula is C16H24Cl2N2O3. The number of ether oxygens (including phenoxy) is 2. The van der Waals surface area contributed by atoms with Gasteiger partial charge in [-0.1, -0.05) is 23.2 Å². The second kappa shape index (κ2) is 8.49. The summed E-state index contributed by atoms with van der Waals surface area (Å²) < 4.78 is 11.1. The van der Waals surface area contributed by atoms with Crippen molar-refractivity contribution in [2.75, 3.05) is 26.8 Å². The maximum atomic E-state index is 12.6. The third-order valence-corrected chi connectivity index (χ3v) is 5.24. The molecular weight excluding hydrogens is 339 g/mol. The summed E-state index contributed by atoms with van der Waals surface area (Å²) in [7, 11) is 1.66. The van der Waals surface area contributed by atoms with Crippen molar-refractivity contribution in [3.05, 3.63) is 21.4 Å². The Bertz CT molecular complexity index is 548. The number of carbonyl (C=O) groups excluding carboxylic acids is 1. The molecule has 0 aliphatic carbocycles. The summed E-state index contributed by atoms with van der Waals surface area (Å²) in [6.07, 6.45) is 1.31. The van der Waals surface area contributed by atoms with Crippen LogP contribution in [0.1, 0.15) is 35.9 Å². The number of hydrogen-bond donors (Lipinski definition) is 2. The number of piperidine rings is 1. The lowest BCUT2D eigenvalue weighted by molar-refractivity contribution is -0.0495. The largest absolute Gasteiger partial charge is 0.379 e. The number of hydrogen-bond acceptors (Lipinski definition) is 4. The van der Waals surface area contributed by atoms with E-state index in [0.29, 0.717) is 34.5 Å². The smallest absolute Gasteiger partial charge is 0.180 e. The molecule has 0 radical (unpaired) electrons. The number of Topliss-reactive ketones (excluding diaryl/α,β-unsaturated/α-hetero) is 1. The summed E-state index contributed by atoms with van der Waals surface area (Å²) in [5.74, 6) is 0.136. The molecule has 0 spiro atoms. The third-order valence-electron chi connectivity index (χ3n) is 4.29. The van der Waals surface area contributed by atoms with Crippen LogP contribution in [-0.2, 0) is 9.47 Å². The molecule has 5 nitrogen and oxygen atoms in total. The first-order valence-electron chi connectivity index (χ1n) is 7.85. The van der Waals surface area contributed by atoms with Gasteiger partial charge in [0.05, 0.1) is 28.9 Å². The minimum atomic E-state index is -0.0229. The van der Waals surface area contributed by atoms with Gasteiger partial charge in [0, 0.05) is 25.8 Å². The van der Waals surface area contributed by atoms with E-state index in [2.05, 4.69) is 10.3 Å². The van der Waals surface area contributed by atoms with E-state index < -0.39 is 0 Å². The number of ketones is 1. The highest BCUT2D eigenvalue weighted by Gasteiger charge is 2.30. The van der Waals surface area contributed by atoms with Crippen LogP contribution in [0.15, 0.2) is 0 Å². The Balaban J connectivity index is 2.00. The minimum Gasteiger partial charge on any atom is -0.379 e. The average Bonchev–Trinajstić information content (AvgIpc) is 2.81. The number of methoxy groups -OCH3 is 1. The van der Waals surface area contributed by atoms with E-state index in [1.54, 1.807) is 14.0 Å². The fourth-order valence-corrected chi connectivity index (χ4v) is 3.18. The molecule has 1 aliphatic rings. The molecule has 1 aromatic rings. The molecule has 3 atom stereocenters. The zero-order chi connectivity index (χ0) is 17.0. The Labute approximate surface area is 147 Å². The van der Waals surface area contributed by atoms with Gasteiger partial charge in [-0.05, 0) is 32.7 Å². The van der Waals surface area contributed by atoms with Gasteiger partial charge in [0.25, 0.3) is 0 Å². The molecule has 23 heavy (non-hydrogen) atoms. The second-order valence-corrected chi connectivity index (χ2v) is 6.81. The lowest BCUT2D eigenvalue weighted by atomic mass is 9.89. The van der Waals surface area contributed by atoms with Crippen molar-refractivity contribution in [1.29, 1.82) is 0 Å². The van der Waals surface area contributed by atoms with E-state index >= 15 is 0 Å². The number of aromatic amines is 1. The van der Waals surface area contributed by atoms with Crippen molar-refractivity contribution in [3.8, 4) is 0 Å². The second-order valence-electron chi connectivity index (χ2n) is 6.05. The van der Waals surface area contributed by atoms with Crippen LogP contribution in [0.5, 0.6) is 0 Å². The molecule has 1 saturated heterocycles. The molecule has 0 aromatic carbocycles. The molecule has 2 heterocycles. The lowest BCUT2D eigenvalue weighted by Gasteiger charge is -2.32. The van der Waals surface area contributed by atoms with Gasteiger partial charge in [-0.3, -0.25) is 4.79 Å². The third kappa shape index (κ3) is 4.70. The highest BCUT2D eigenvalue weighted by molar-refractivity contribution is 6.44. The van der Waals surface area contributed by atoms with E-state index in [1.807, 2.05) is 6.92 Å². The summed E-state index contributed by atoms with van der Waals surface area (Å²) in [6.45, 7) is 5.90. The summed E-state index contributed by atoms with van der Waals surface area (Å²) in [4.78, 5) is 15.6. The van der Waals surface area contributed by atoms with E-state index in [1.165, 1.54) is 0 Å². The number of nitrogens with one attached hydrogen (secondary N) is 2. The van der Waals surface area contributed by atoms with Crippen LogP contribution in [0.2, 0.25) is 10.0 Å². The molecule has 2 N–H and O–H groups in total. The van der Waals surface area contributed by atoms with Crippen molar-refractivity contribution in [2.24, 2.45) is 5.92 Å². The number of H-pyrrole nitrogens is 1. The predicted molar refractivity (Wildman–Crippen MR) is 91.7 cm³/mol. The fraction of sp³-hybridized carbons (Fsp3) is 0.688. The Morgan fingerprint density at radius 1 is 1.39 bits per heavy atom. The Kier molecular flexibility index (Phi) is 6.92. The zero-order valence-electron chi connectivity index (χ0n) is 13.7. The first-order chi connectivity index (χ1) is 10.9. The molecule has 1 aromatic heterocycles. The van der Waals surface area contributed by atoms with Gasteiger partial charge in [-0.2, -0.15) is 0 Å². The Morgan fingerprint density at radius 3 is 2.74 bits per heavy atom.